The minimum atomic E-state index is 0.355. The van der Waals surface area contributed by atoms with E-state index in [4.69, 9.17) is 0 Å². The summed E-state index contributed by atoms with van der Waals surface area (Å²) >= 11 is 0. The van der Waals surface area contributed by atoms with Crippen LogP contribution in [0.3, 0.4) is 0 Å². The standard InChI is InChI=1S/C57H38N2/c1-3-16-38(17-4-1)46-28-14-19-39-20-15-29-50(56(39)46)48-26-9-11-30-53(48)58(44-24-13-21-41(35-44)57-47-25-8-7-18-40(47)34-42-36-51(42)57)45-32-33-55-52(37-45)49-27-10-12-31-54(49)59(55)43-22-5-2-6-23-43/h1-37,51H/t51-/m0/s1. The molecule has 2 heteroatoms. The lowest BCUT2D eigenvalue weighted by Crippen LogP contribution is -2.30. The van der Waals surface area contributed by atoms with Crippen LogP contribution in [0.1, 0.15) is 5.56 Å². The summed E-state index contributed by atoms with van der Waals surface area (Å²) in [5.74, 6) is 0.355. The predicted octanol–water partition coefficient (Wildman–Crippen LogP) is 13.3. The van der Waals surface area contributed by atoms with Crippen molar-refractivity contribution in [2.24, 2.45) is 5.92 Å². The van der Waals surface area contributed by atoms with E-state index >= 15 is 0 Å². The van der Waals surface area contributed by atoms with Gasteiger partial charge in [0.1, 0.15) is 0 Å². The highest BCUT2D eigenvalue weighted by molar-refractivity contribution is 6.12. The second kappa shape index (κ2) is 13.5. The molecule has 0 amide bonds. The molecule has 0 spiro atoms. The topological polar surface area (TPSA) is 8.17 Å². The summed E-state index contributed by atoms with van der Waals surface area (Å²) in [6, 6.07) is 77.7. The van der Waals surface area contributed by atoms with Gasteiger partial charge in [0.05, 0.1) is 16.7 Å². The van der Waals surface area contributed by atoms with Gasteiger partial charge in [-0.3, -0.25) is 0 Å². The Morgan fingerprint density at radius 1 is 0.441 bits per heavy atom. The van der Waals surface area contributed by atoms with Crippen molar-refractivity contribution in [3.05, 3.63) is 240 Å². The number of allylic oxidation sites excluding steroid dienone is 2. The lowest BCUT2D eigenvalue weighted by Gasteiger charge is -2.29. The van der Waals surface area contributed by atoms with Gasteiger partial charge in [-0.15, -0.1) is 0 Å². The number of rotatable bonds is 7. The molecule has 2 nitrogen and oxygen atoms in total. The molecule has 2 aliphatic carbocycles. The van der Waals surface area contributed by atoms with E-state index in [0.717, 1.165) is 22.7 Å². The molecule has 0 aliphatic heterocycles. The van der Waals surface area contributed by atoms with Gasteiger partial charge in [-0.1, -0.05) is 170 Å². The second-order valence-electron chi connectivity index (χ2n) is 15.7. The highest BCUT2D eigenvalue weighted by atomic mass is 15.1. The quantitative estimate of drug-likeness (QED) is 0.157. The van der Waals surface area contributed by atoms with Gasteiger partial charge in [-0.25, -0.2) is 0 Å². The maximum atomic E-state index is 2.49. The molecular formula is C57H38N2. The molecule has 0 radical (unpaired) electrons. The number of aromatic nitrogens is 1. The van der Waals surface area contributed by atoms with E-state index in [9.17, 15) is 0 Å². The van der Waals surface area contributed by atoms with E-state index in [1.54, 1.807) is 0 Å². The van der Waals surface area contributed by atoms with E-state index in [1.807, 2.05) is 0 Å². The van der Waals surface area contributed by atoms with Crippen LogP contribution in [-0.2, 0) is 0 Å². The van der Waals surface area contributed by atoms with Crippen molar-refractivity contribution in [1.82, 2.24) is 4.57 Å². The molecule has 9 aromatic carbocycles. The number of benzene rings is 9. The largest absolute Gasteiger partial charge is 0.310 e. The molecule has 0 fully saturated rings. The first-order valence-corrected chi connectivity index (χ1v) is 20.5. The number of anilines is 3. The fourth-order valence-electron chi connectivity index (χ4n) is 9.60. The average Bonchev–Trinajstić information content (AvgIpc) is 4.01. The molecule has 0 N–H and O–H groups in total. The molecule has 1 aromatic heterocycles. The van der Waals surface area contributed by atoms with E-state index in [-0.39, 0.29) is 0 Å². The van der Waals surface area contributed by atoms with Crippen LogP contribution in [0, 0.1) is 5.92 Å². The maximum Gasteiger partial charge on any atom is 0.0542 e. The van der Waals surface area contributed by atoms with Crippen LogP contribution in [0.4, 0.5) is 17.1 Å². The number of para-hydroxylation sites is 3. The third kappa shape index (κ3) is 5.49. The van der Waals surface area contributed by atoms with Crippen molar-refractivity contribution in [2.75, 3.05) is 4.90 Å². The highest BCUT2D eigenvalue weighted by Crippen LogP contribution is 2.47. The van der Waals surface area contributed by atoms with Gasteiger partial charge in [0, 0.05) is 39.3 Å². The summed E-state index contributed by atoms with van der Waals surface area (Å²) < 4.78 is 2.39. The van der Waals surface area contributed by atoms with Crippen LogP contribution in [0.2, 0.25) is 0 Å². The first kappa shape index (κ1) is 33.5. The molecule has 2 aliphatic rings. The van der Waals surface area contributed by atoms with Crippen molar-refractivity contribution in [3.63, 3.8) is 0 Å². The first-order chi connectivity index (χ1) is 29.3. The Morgan fingerprint density at radius 3 is 1.98 bits per heavy atom. The van der Waals surface area contributed by atoms with Crippen LogP contribution >= 0.6 is 0 Å². The zero-order valence-corrected chi connectivity index (χ0v) is 32.3. The summed E-state index contributed by atoms with van der Waals surface area (Å²) in [6.45, 7) is 0. The molecule has 276 valence electrons. The minimum Gasteiger partial charge on any atom is -0.310 e. The highest BCUT2D eigenvalue weighted by Gasteiger charge is 2.31. The molecule has 10 aromatic rings. The fourth-order valence-corrected chi connectivity index (χ4v) is 9.60. The number of nitrogens with zero attached hydrogens (tertiary/aromatic N) is 2. The number of hydrogen-bond donors (Lipinski definition) is 0. The maximum absolute atomic E-state index is 2.49. The molecule has 0 saturated carbocycles. The fraction of sp³-hybridized carbons (Fsp3) is 0.0175. The van der Waals surface area contributed by atoms with E-state index in [0.29, 0.717) is 5.92 Å². The summed E-state index contributed by atoms with van der Waals surface area (Å²) in [5.41, 5.74) is 15.8. The van der Waals surface area contributed by atoms with Crippen LogP contribution in [0.25, 0.3) is 72.2 Å². The normalized spacial score (nSPS) is 14.1. The van der Waals surface area contributed by atoms with Gasteiger partial charge < -0.3 is 9.47 Å². The van der Waals surface area contributed by atoms with Crippen LogP contribution in [0.5, 0.6) is 0 Å². The molecule has 0 bridgehead atoms. The van der Waals surface area contributed by atoms with E-state index < -0.39 is 0 Å². The van der Waals surface area contributed by atoms with Crippen molar-refractivity contribution >= 4 is 61.3 Å². The molecule has 1 atom stereocenters. The van der Waals surface area contributed by atoms with Gasteiger partial charge in [0.15, 0.2) is 0 Å². The molecular weight excluding hydrogens is 713 g/mol. The molecule has 0 saturated heterocycles. The third-order valence-electron chi connectivity index (χ3n) is 12.3. The smallest absolute Gasteiger partial charge is 0.0542 e. The van der Waals surface area contributed by atoms with E-state index in [1.165, 1.54) is 82.0 Å². The Hall–Kier alpha value is -7.68. The predicted molar refractivity (Wildman–Crippen MR) is 248 cm³/mol. The van der Waals surface area contributed by atoms with Crippen molar-refractivity contribution < 1.29 is 0 Å². The minimum absolute atomic E-state index is 0.355. The van der Waals surface area contributed by atoms with E-state index in [2.05, 4.69) is 234 Å². The average molecular weight is 751 g/mol. The van der Waals surface area contributed by atoms with Gasteiger partial charge in [-0.05, 0) is 109 Å². The molecule has 59 heavy (non-hydrogen) atoms. The lowest BCUT2D eigenvalue weighted by molar-refractivity contribution is 1.18. The monoisotopic (exact) mass is 750 g/mol. The number of fused-ring (bicyclic) bond motifs is 6. The second-order valence-corrected chi connectivity index (χ2v) is 15.7. The lowest BCUT2D eigenvalue weighted by atomic mass is 9.90. The van der Waals surface area contributed by atoms with Gasteiger partial charge in [-0.2, -0.15) is 0 Å². The molecule has 12 rings (SSSR count). The van der Waals surface area contributed by atoms with Gasteiger partial charge in [0.2, 0.25) is 0 Å². The Bertz CT molecular complexity index is 3440. The molecule has 1 heterocycles. The van der Waals surface area contributed by atoms with Gasteiger partial charge in [0.25, 0.3) is 0 Å². The molecule has 0 unspecified atom stereocenters. The zero-order valence-electron chi connectivity index (χ0n) is 32.3. The van der Waals surface area contributed by atoms with Gasteiger partial charge >= 0.3 is 0 Å². The first-order valence-electron chi connectivity index (χ1n) is 20.5. The summed E-state index contributed by atoms with van der Waals surface area (Å²) in [4.78, 5) is 2.49. The summed E-state index contributed by atoms with van der Waals surface area (Å²) in [5, 5.41) is 7.53. The number of hydrogen-bond acceptors (Lipinski definition) is 1. The van der Waals surface area contributed by atoms with Crippen LogP contribution in [-0.4, -0.2) is 4.57 Å². The SMILES string of the molecule is C1=C2C=c3ccccc3=C(c3cccc(N(c4ccc5c(c4)c4ccccc4n5-c4ccccc4)c4ccccc4-c4cccc5cccc(-c6ccccc6)c45)c3)[C@@H]12. The van der Waals surface area contributed by atoms with Crippen molar-refractivity contribution in [2.45, 2.75) is 0 Å². The van der Waals surface area contributed by atoms with Crippen LogP contribution < -0.4 is 15.3 Å². The Labute approximate surface area is 343 Å². The summed E-state index contributed by atoms with van der Waals surface area (Å²) in [7, 11) is 0. The zero-order chi connectivity index (χ0) is 38.9. The Balaban J connectivity index is 1.12. The Kier molecular flexibility index (Phi) is 7.64. The van der Waals surface area contributed by atoms with Crippen molar-refractivity contribution in [1.29, 1.82) is 0 Å². The van der Waals surface area contributed by atoms with Crippen LogP contribution in [0.15, 0.2) is 224 Å². The third-order valence-corrected chi connectivity index (χ3v) is 12.3. The Morgan fingerprint density at radius 2 is 1.10 bits per heavy atom. The summed E-state index contributed by atoms with van der Waals surface area (Å²) in [6.07, 6.45) is 4.75. The van der Waals surface area contributed by atoms with Crippen molar-refractivity contribution in [3.8, 4) is 27.9 Å².